The molecule has 3 heteroatoms. The highest BCUT2D eigenvalue weighted by atomic mass is 79.9. The van der Waals surface area contributed by atoms with Crippen molar-refractivity contribution in [1.82, 2.24) is 0 Å². The summed E-state index contributed by atoms with van der Waals surface area (Å²) in [5, 5.41) is 0. The SMILES string of the molecule is NCc1cc(Br)cc(SCC2CCCC2)c1. The van der Waals surface area contributed by atoms with E-state index in [1.165, 1.54) is 41.9 Å². The molecule has 0 heterocycles. The largest absolute Gasteiger partial charge is 0.326 e. The molecule has 0 unspecified atom stereocenters. The zero-order valence-corrected chi connectivity index (χ0v) is 11.8. The Labute approximate surface area is 110 Å². The van der Waals surface area contributed by atoms with Crippen molar-refractivity contribution in [3.05, 3.63) is 28.2 Å². The van der Waals surface area contributed by atoms with E-state index in [9.17, 15) is 0 Å². The molecule has 1 nitrogen and oxygen atoms in total. The maximum Gasteiger partial charge on any atom is 0.0189 e. The second kappa shape index (κ2) is 6.08. The molecule has 0 bridgehead atoms. The van der Waals surface area contributed by atoms with E-state index >= 15 is 0 Å². The normalized spacial score (nSPS) is 16.9. The molecular weight excluding hydrogens is 282 g/mol. The fourth-order valence-corrected chi connectivity index (χ4v) is 4.11. The number of halogens is 1. The van der Waals surface area contributed by atoms with Gasteiger partial charge in [-0.3, -0.25) is 0 Å². The summed E-state index contributed by atoms with van der Waals surface area (Å²) in [5.74, 6) is 2.20. The summed E-state index contributed by atoms with van der Waals surface area (Å²) in [6.07, 6.45) is 5.70. The van der Waals surface area contributed by atoms with Crippen LogP contribution in [0.5, 0.6) is 0 Å². The van der Waals surface area contributed by atoms with Gasteiger partial charge in [0, 0.05) is 21.7 Å². The lowest BCUT2D eigenvalue weighted by Crippen LogP contribution is -1.98. The average Bonchev–Trinajstić information content (AvgIpc) is 2.78. The van der Waals surface area contributed by atoms with Crippen LogP contribution in [0.3, 0.4) is 0 Å². The van der Waals surface area contributed by atoms with Gasteiger partial charge in [-0.15, -0.1) is 11.8 Å². The fraction of sp³-hybridized carbons (Fsp3) is 0.538. The number of benzene rings is 1. The lowest BCUT2D eigenvalue weighted by molar-refractivity contribution is 0.623. The van der Waals surface area contributed by atoms with Gasteiger partial charge in [0.1, 0.15) is 0 Å². The molecule has 1 aromatic rings. The van der Waals surface area contributed by atoms with Gasteiger partial charge in [-0.2, -0.15) is 0 Å². The Hall–Kier alpha value is 0.01000. The van der Waals surface area contributed by atoms with Crippen molar-refractivity contribution in [2.24, 2.45) is 11.7 Å². The van der Waals surface area contributed by atoms with Gasteiger partial charge in [-0.1, -0.05) is 28.8 Å². The first-order valence-electron chi connectivity index (χ1n) is 5.90. The van der Waals surface area contributed by atoms with Gasteiger partial charge in [-0.05, 0) is 42.5 Å². The van der Waals surface area contributed by atoms with E-state index in [2.05, 4.69) is 34.1 Å². The number of hydrogen-bond donors (Lipinski definition) is 1. The average molecular weight is 300 g/mol. The molecule has 2 rings (SSSR count). The van der Waals surface area contributed by atoms with E-state index in [1.54, 1.807) is 0 Å². The van der Waals surface area contributed by atoms with E-state index < -0.39 is 0 Å². The third kappa shape index (κ3) is 3.51. The van der Waals surface area contributed by atoms with Crippen LogP contribution >= 0.6 is 27.7 Å². The first-order valence-corrected chi connectivity index (χ1v) is 7.68. The van der Waals surface area contributed by atoms with Crippen LogP contribution in [0.2, 0.25) is 0 Å². The van der Waals surface area contributed by atoms with Crippen molar-refractivity contribution >= 4 is 27.7 Å². The molecule has 0 spiro atoms. The highest BCUT2D eigenvalue weighted by Crippen LogP contribution is 2.32. The van der Waals surface area contributed by atoms with Crippen molar-refractivity contribution in [2.45, 2.75) is 37.1 Å². The van der Waals surface area contributed by atoms with Crippen LogP contribution in [0.4, 0.5) is 0 Å². The van der Waals surface area contributed by atoms with Crippen LogP contribution in [0.25, 0.3) is 0 Å². The van der Waals surface area contributed by atoms with Gasteiger partial charge in [-0.25, -0.2) is 0 Å². The van der Waals surface area contributed by atoms with Crippen molar-refractivity contribution in [1.29, 1.82) is 0 Å². The smallest absolute Gasteiger partial charge is 0.0189 e. The summed E-state index contributed by atoms with van der Waals surface area (Å²) in [6, 6.07) is 6.50. The molecule has 1 fully saturated rings. The maximum atomic E-state index is 5.68. The second-order valence-corrected chi connectivity index (χ2v) is 6.47. The Kier molecular flexibility index (Phi) is 4.74. The second-order valence-electron chi connectivity index (χ2n) is 4.46. The Balaban J connectivity index is 1.94. The zero-order chi connectivity index (χ0) is 11.4. The third-order valence-corrected chi connectivity index (χ3v) is 4.79. The first kappa shape index (κ1) is 12.5. The predicted octanol–water partition coefficient (Wildman–Crippen LogP) is 4.19. The Morgan fingerprint density at radius 2 is 2.00 bits per heavy atom. The van der Waals surface area contributed by atoms with Crippen LogP contribution in [-0.2, 0) is 6.54 Å². The van der Waals surface area contributed by atoms with E-state index in [0.29, 0.717) is 6.54 Å². The van der Waals surface area contributed by atoms with Gasteiger partial charge >= 0.3 is 0 Å². The van der Waals surface area contributed by atoms with Crippen molar-refractivity contribution < 1.29 is 0 Å². The predicted molar refractivity (Wildman–Crippen MR) is 74.7 cm³/mol. The standard InChI is InChI=1S/C13H18BrNS/c14-12-5-11(8-15)6-13(7-12)16-9-10-3-1-2-4-10/h5-7,10H,1-4,8-9,15H2. The highest BCUT2D eigenvalue weighted by molar-refractivity contribution is 9.10. The summed E-state index contributed by atoms with van der Waals surface area (Å²) in [5.41, 5.74) is 6.89. The molecule has 0 saturated heterocycles. The Morgan fingerprint density at radius 3 is 2.69 bits per heavy atom. The summed E-state index contributed by atoms with van der Waals surface area (Å²) < 4.78 is 1.14. The Morgan fingerprint density at radius 1 is 1.25 bits per heavy atom. The van der Waals surface area contributed by atoms with Crippen LogP contribution in [0.1, 0.15) is 31.2 Å². The molecule has 0 aliphatic heterocycles. The zero-order valence-electron chi connectivity index (χ0n) is 9.42. The van der Waals surface area contributed by atoms with Crippen molar-refractivity contribution in [2.75, 3.05) is 5.75 Å². The van der Waals surface area contributed by atoms with Crippen LogP contribution in [0, 0.1) is 5.92 Å². The van der Waals surface area contributed by atoms with Crippen molar-refractivity contribution in [3.63, 3.8) is 0 Å². The number of thioether (sulfide) groups is 1. The Bertz CT molecular complexity index is 348. The van der Waals surface area contributed by atoms with Gasteiger partial charge < -0.3 is 5.73 Å². The van der Waals surface area contributed by atoms with Gasteiger partial charge in [0.05, 0.1) is 0 Å². The first-order chi connectivity index (χ1) is 7.78. The molecule has 0 amide bonds. The lowest BCUT2D eigenvalue weighted by Gasteiger charge is -2.09. The molecule has 88 valence electrons. The molecule has 1 aliphatic carbocycles. The van der Waals surface area contributed by atoms with Gasteiger partial charge in [0.25, 0.3) is 0 Å². The van der Waals surface area contributed by atoms with E-state index in [1.807, 2.05) is 11.8 Å². The molecule has 0 atom stereocenters. The lowest BCUT2D eigenvalue weighted by atomic mass is 10.1. The third-order valence-electron chi connectivity index (χ3n) is 3.13. The van der Waals surface area contributed by atoms with Crippen LogP contribution in [0.15, 0.2) is 27.6 Å². The fourth-order valence-electron chi connectivity index (χ4n) is 2.21. The molecule has 1 aromatic carbocycles. The summed E-state index contributed by atoms with van der Waals surface area (Å²) >= 11 is 5.51. The van der Waals surface area contributed by atoms with Gasteiger partial charge in [0.2, 0.25) is 0 Å². The topological polar surface area (TPSA) is 26.0 Å². The summed E-state index contributed by atoms with van der Waals surface area (Å²) in [6.45, 7) is 0.621. The quantitative estimate of drug-likeness (QED) is 0.844. The van der Waals surface area contributed by atoms with Crippen LogP contribution < -0.4 is 5.73 Å². The van der Waals surface area contributed by atoms with Crippen LogP contribution in [-0.4, -0.2) is 5.75 Å². The molecule has 16 heavy (non-hydrogen) atoms. The molecule has 0 aromatic heterocycles. The summed E-state index contributed by atoms with van der Waals surface area (Å²) in [4.78, 5) is 1.35. The number of nitrogens with two attached hydrogens (primary N) is 1. The minimum absolute atomic E-state index is 0.621. The summed E-state index contributed by atoms with van der Waals surface area (Å²) in [7, 11) is 0. The monoisotopic (exact) mass is 299 g/mol. The highest BCUT2D eigenvalue weighted by Gasteiger charge is 2.15. The van der Waals surface area contributed by atoms with Crippen molar-refractivity contribution in [3.8, 4) is 0 Å². The maximum absolute atomic E-state index is 5.68. The minimum Gasteiger partial charge on any atom is -0.326 e. The number of rotatable bonds is 4. The van der Waals surface area contributed by atoms with E-state index in [4.69, 9.17) is 5.73 Å². The number of hydrogen-bond acceptors (Lipinski definition) is 2. The molecular formula is C13H18BrNS. The van der Waals surface area contributed by atoms with Gasteiger partial charge in [0.15, 0.2) is 0 Å². The minimum atomic E-state index is 0.621. The van der Waals surface area contributed by atoms with E-state index in [-0.39, 0.29) is 0 Å². The molecule has 1 aliphatic rings. The molecule has 0 radical (unpaired) electrons. The molecule has 2 N–H and O–H groups in total. The molecule has 1 saturated carbocycles. The van der Waals surface area contributed by atoms with E-state index in [0.717, 1.165) is 10.4 Å².